The van der Waals surface area contributed by atoms with Crippen molar-refractivity contribution < 1.29 is 62.2 Å². The fourth-order valence-electron chi connectivity index (χ4n) is 6.93. The van der Waals surface area contributed by atoms with Gasteiger partial charge in [-0.05, 0) is 102 Å². The second-order valence-corrected chi connectivity index (χ2v) is 21.8. The monoisotopic (exact) mass is 1080 g/mol. The van der Waals surface area contributed by atoms with Gasteiger partial charge in [0.25, 0.3) is 10.3 Å². The molecule has 0 saturated heterocycles. The van der Waals surface area contributed by atoms with Gasteiger partial charge >= 0.3 is 33.6 Å². The molecule has 2 aliphatic rings. The van der Waals surface area contributed by atoms with E-state index >= 15 is 0 Å². The van der Waals surface area contributed by atoms with Crippen LogP contribution in [0.2, 0.25) is 0 Å². The molecule has 0 amide bonds. The van der Waals surface area contributed by atoms with Crippen LogP contribution in [0.5, 0.6) is 0 Å². The molecule has 390 valence electrons. The van der Waals surface area contributed by atoms with Crippen LogP contribution in [0.3, 0.4) is 0 Å². The summed E-state index contributed by atoms with van der Waals surface area (Å²) in [4.78, 5) is 28.0. The Kier molecular flexibility index (Phi) is 19.2. The van der Waals surface area contributed by atoms with E-state index in [4.69, 9.17) is 9.47 Å². The Bertz CT molecular complexity index is 2790. The minimum atomic E-state index is -5.70. The quantitative estimate of drug-likeness (QED) is 0.0383. The number of nitrogens with one attached hydrogen (secondary N) is 2. The number of aryl methyl sites for hydroxylation is 2. The van der Waals surface area contributed by atoms with E-state index in [-0.39, 0.29) is 68.3 Å². The normalized spacial score (nSPS) is 14.4. The van der Waals surface area contributed by atoms with E-state index in [2.05, 4.69) is 40.9 Å². The fraction of sp³-hybridized carbons (Fsp3) is 0.561. The number of aromatic nitrogens is 4. The first-order valence-electron chi connectivity index (χ1n) is 22.2. The van der Waals surface area contributed by atoms with Crippen LogP contribution in [0.15, 0.2) is 44.7 Å². The Morgan fingerprint density at radius 1 is 0.676 bits per heavy atom. The number of nitrogens with zero attached hydrogens (tertiary/aromatic N) is 10. The Balaban J connectivity index is 0.000000264. The molecule has 0 unspecified atom stereocenters. The maximum absolute atomic E-state index is 13.1. The van der Waals surface area contributed by atoms with Gasteiger partial charge in [0.15, 0.2) is 5.75 Å². The van der Waals surface area contributed by atoms with E-state index in [0.717, 1.165) is 66.0 Å². The predicted octanol–water partition coefficient (Wildman–Crippen LogP) is 10.7. The molecule has 6 rings (SSSR count). The molecule has 20 nitrogen and oxygen atoms in total. The Morgan fingerprint density at radius 2 is 1.10 bits per heavy atom. The number of fused-ring (bicyclic) bond motifs is 2. The molecule has 0 fully saturated rings. The van der Waals surface area contributed by atoms with Gasteiger partial charge in [0, 0.05) is 36.5 Å². The molecule has 4 heterocycles. The van der Waals surface area contributed by atoms with E-state index in [9.17, 15) is 52.8 Å². The minimum absolute atomic E-state index is 0.00284. The largest absolute Gasteiger partial charge is 0.516 e. The van der Waals surface area contributed by atoms with Crippen molar-refractivity contribution in [2.45, 2.75) is 117 Å². The van der Waals surface area contributed by atoms with Gasteiger partial charge in [-0.2, -0.15) is 34.8 Å². The first-order valence-corrected chi connectivity index (χ1v) is 27.0. The molecule has 30 heteroatoms. The molecule has 0 spiro atoms. The van der Waals surface area contributed by atoms with E-state index < -0.39 is 49.4 Å². The fourth-order valence-corrected chi connectivity index (χ4v) is 9.62. The lowest BCUT2D eigenvalue weighted by Crippen LogP contribution is -2.35. The first kappa shape index (κ1) is 56.3. The second kappa shape index (κ2) is 24.2. The molecule has 0 aliphatic carbocycles. The third kappa shape index (κ3) is 15.9. The zero-order valence-electron chi connectivity index (χ0n) is 39.3. The van der Waals surface area contributed by atoms with Crippen LogP contribution in [-0.4, -0.2) is 105 Å². The standard InChI is InChI=1S/C21H27F3N6O4S2.C20H25F3N6O4S2/c1-4-5-9-34-19(31)18-26-28-20(35-18)27-25-15-10-14-7-6-8-30(13(2)3)17(14)11-16(15)29-36(32,33)12-21(22,23)24;1-4-5-9-33-18(30)17-25-27-19(34-17)26-24-14-10-13-7-6-8-29(12(2)3)16(13)11-15(14)28-35(31,32)20(21,22)23/h10-11,13,29H,4-9,12H2,1-3H3;10-12,28H,4-9H2,1-3H3. The molecule has 2 N–H and O–H groups in total. The van der Waals surface area contributed by atoms with E-state index in [0.29, 0.717) is 43.6 Å². The van der Waals surface area contributed by atoms with Gasteiger partial charge in [-0.3, -0.25) is 9.44 Å². The summed E-state index contributed by atoms with van der Waals surface area (Å²) in [5.74, 6) is -3.36. The zero-order valence-corrected chi connectivity index (χ0v) is 42.6. The Morgan fingerprint density at radius 3 is 1.48 bits per heavy atom. The van der Waals surface area contributed by atoms with Crippen molar-refractivity contribution in [1.82, 2.24) is 20.4 Å². The lowest BCUT2D eigenvalue weighted by molar-refractivity contribution is -0.106. The SMILES string of the molecule is CCCCOC(=O)c1nnc(N=Nc2cc3c(cc2NS(=O)(=O)C(F)(F)F)N(C(C)C)CCC3)s1.CCCCOC(=O)c1nnc(N=Nc2cc3c(cc2NS(=O)(=O)CC(F)(F)F)N(C(C)C)CCC3)s1. The van der Waals surface area contributed by atoms with Crippen molar-refractivity contribution in [1.29, 1.82) is 0 Å². The Labute approximate surface area is 413 Å². The number of halogens is 6. The number of anilines is 4. The van der Waals surface area contributed by atoms with Crippen LogP contribution in [0.25, 0.3) is 0 Å². The van der Waals surface area contributed by atoms with Crippen LogP contribution in [-0.2, 0) is 42.4 Å². The number of hydrogen-bond donors (Lipinski definition) is 2. The van der Waals surface area contributed by atoms with Crippen LogP contribution in [0.1, 0.15) is 111 Å². The molecular weight excluding hydrogens is 1030 g/mol. The molecule has 2 aliphatic heterocycles. The number of carbonyl (C=O) groups is 2. The Hall–Kier alpha value is -5.62. The predicted molar refractivity (Wildman–Crippen MR) is 255 cm³/mol. The maximum Gasteiger partial charge on any atom is 0.516 e. The molecule has 0 bridgehead atoms. The topological polar surface area (TPSA) is 252 Å². The number of sulfonamides is 2. The van der Waals surface area contributed by atoms with Crippen LogP contribution in [0, 0.1) is 0 Å². The molecule has 0 saturated carbocycles. The number of benzene rings is 2. The number of ether oxygens (including phenoxy) is 2. The lowest BCUT2D eigenvalue weighted by Gasteiger charge is -2.35. The summed E-state index contributed by atoms with van der Waals surface area (Å²) in [5.41, 5.74) is -3.13. The third-order valence-electron chi connectivity index (χ3n) is 10.2. The van der Waals surface area contributed by atoms with Crippen LogP contribution < -0.4 is 19.2 Å². The summed E-state index contributed by atoms with van der Waals surface area (Å²) < 4.78 is 139. The highest BCUT2D eigenvalue weighted by Crippen LogP contribution is 2.42. The van der Waals surface area contributed by atoms with Gasteiger partial charge in [0.1, 0.15) is 11.4 Å². The molecule has 2 aromatic heterocycles. The average Bonchev–Trinajstić information content (AvgIpc) is 3.97. The summed E-state index contributed by atoms with van der Waals surface area (Å²) in [6.07, 6.45) is 1.17. The number of azo groups is 2. The van der Waals surface area contributed by atoms with E-state index in [1.165, 1.54) is 18.2 Å². The highest BCUT2D eigenvalue weighted by atomic mass is 32.2. The van der Waals surface area contributed by atoms with Gasteiger partial charge < -0.3 is 19.3 Å². The summed E-state index contributed by atoms with van der Waals surface area (Å²) in [6, 6.07) is 6.05. The van der Waals surface area contributed by atoms with Crippen molar-refractivity contribution in [2.75, 3.05) is 51.3 Å². The molecule has 2 aromatic carbocycles. The third-order valence-corrected chi connectivity index (χ3v) is 14.2. The van der Waals surface area contributed by atoms with Gasteiger partial charge in [-0.25, -0.2) is 18.0 Å². The number of hydrogen-bond acceptors (Lipinski definition) is 20. The van der Waals surface area contributed by atoms with Crippen molar-refractivity contribution in [2.24, 2.45) is 20.5 Å². The van der Waals surface area contributed by atoms with Crippen molar-refractivity contribution in [3.8, 4) is 0 Å². The maximum atomic E-state index is 13.1. The average molecular weight is 1080 g/mol. The molecule has 4 aromatic rings. The summed E-state index contributed by atoms with van der Waals surface area (Å²) in [5, 5.41) is 30.6. The molecule has 71 heavy (non-hydrogen) atoms. The lowest BCUT2D eigenvalue weighted by atomic mass is 9.99. The number of alkyl halides is 6. The van der Waals surface area contributed by atoms with Crippen LogP contribution >= 0.6 is 22.7 Å². The van der Waals surface area contributed by atoms with E-state index in [1.54, 1.807) is 10.8 Å². The van der Waals surface area contributed by atoms with Crippen molar-refractivity contribution in [3.63, 3.8) is 0 Å². The number of carbonyl (C=O) groups excluding carboxylic acids is 2. The highest BCUT2D eigenvalue weighted by Gasteiger charge is 2.46. The van der Waals surface area contributed by atoms with E-state index in [1.807, 2.05) is 56.1 Å². The van der Waals surface area contributed by atoms with Crippen molar-refractivity contribution >= 4 is 99.0 Å². The van der Waals surface area contributed by atoms with Crippen molar-refractivity contribution in [3.05, 3.63) is 45.4 Å². The van der Waals surface area contributed by atoms with Gasteiger partial charge in [-0.15, -0.1) is 40.9 Å². The summed E-state index contributed by atoms with van der Waals surface area (Å²) in [6.45, 7) is 13.6. The number of esters is 2. The first-order chi connectivity index (χ1) is 33.3. The highest BCUT2D eigenvalue weighted by molar-refractivity contribution is 7.93. The summed E-state index contributed by atoms with van der Waals surface area (Å²) in [7, 11) is -10.5. The van der Waals surface area contributed by atoms with Gasteiger partial charge in [-0.1, -0.05) is 49.4 Å². The molecule has 0 atom stereocenters. The molecule has 0 radical (unpaired) electrons. The zero-order chi connectivity index (χ0) is 52.3. The number of unbranched alkanes of at least 4 members (excludes halogenated alkanes) is 2. The van der Waals surface area contributed by atoms with Gasteiger partial charge in [0.05, 0.1) is 24.6 Å². The smallest absolute Gasteiger partial charge is 0.460 e. The van der Waals surface area contributed by atoms with Gasteiger partial charge in [0.2, 0.25) is 20.0 Å². The minimum Gasteiger partial charge on any atom is -0.460 e. The molecular formula is C41H52F6N12O8S4. The number of rotatable bonds is 19. The summed E-state index contributed by atoms with van der Waals surface area (Å²) >= 11 is 1.62. The second-order valence-electron chi connectivity index (χ2n) is 16.5. The van der Waals surface area contributed by atoms with Crippen LogP contribution in [0.4, 0.5) is 70.7 Å².